The zero-order chi connectivity index (χ0) is 10.7. The normalized spacial score (nSPS) is 15.4. The summed E-state index contributed by atoms with van der Waals surface area (Å²) in [6, 6.07) is 9.68. The molecule has 1 N–H and O–H groups in total. The molecule has 1 aromatic carbocycles. The molecule has 15 heavy (non-hydrogen) atoms. The van der Waals surface area contributed by atoms with Crippen LogP contribution in [0, 0.1) is 16.7 Å². The Labute approximate surface area is 89.5 Å². The van der Waals surface area contributed by atoms with Crippen LogP contribution in [0.25, 0.3) is 0 Å². The number of nitrogens with zero attached hydrogens (tertiary/aromatic N) is 2. The molecule has 0 spiro atoms. The Morgan fingerprint density at radius 1 is 1.33 bits per heavy atom. The first kappa shape index (κ1) is 9.72. The van der Waals surface area contributed by atoms with Gasteiger partial charge in [-0.15, -0.1) is 0 Å². The Morgan fingerprint density at radius 3 is 2.60 bits per heavy atom. The minimum Gasteiger partial charge on any atom is -0.356 e. The summed E-state index contributed by atoms with van der Waals surface area (Å²) >= 11 is 0. The largest absolute Gasteiger partial charge is 0.356 e. The maximum absolute atomic E-state index is 8.66. The van der Waals surface area contributed by atoms with Crippen molar-refractivity contribution in [3.63, 3.8) is 0 Å². The highest BCUT2D eigenvalue weighted by atomic mass is 15.2. The van der Waals surface area contributed by atoms with Crippen molar-refractivity contribution in [2.24, 2.45) is 0 Å². The molecular formula is C12H13N3. The summed E-state index contributed by atoms with van der Waals surface area (Å²) in [5.74, 6) is 0.736. The molecule has 76 valence electrons. The second-order valence-corrected chi connectivity index (χ2v) is 3.78. The highest BCUT2D eigenvalue weighted by Gasteiger charge is 2.16. The number of nitrogens with one attached hydrogen (secondary N) is 1. The van der Waals surface area contributed by atoms with Gasteiger partial charge in [-0.2, -0.15) is 5.26 Å². The molecule has 2 rings (SSSR count). The molecule has 3 nitrogen and oxygen atoms in total. The third-order valence-electron chi connectivity index (χ3n) is 2.68. The monoisotopic (exact) mass is 199 g/mol. The molecule has 3 heteroatoms. The van der Waals surface area contributed by atoms with Gasteiger partial charge < -0.3 is 4.90 Å². The van der Waals surface area contributed by atoms with Gasteiger partial charge in [-0.1, -0.05) is 12.1 Å². The summed E-state index contributed by atoms with van der Waals surface area (Å²) < 4.78 is 0. The lowest BCUT2D eigenvalue weighted by Crippen LogP contribution is -2.23. The fourth-order valence-electron chi connectivity index (χ4n) is 1.81. The standard InChI is InChI=1S/C12H13N3/c13-8-10-3-5-11(6-4-10)9-15-7-1-2-12(15)14/h3-6,14H,1-2,7,9H2. The van der Waals surface area contributed by atoms with E-state index in [9.17, 15) is 0 Å². The number of nitriles is 1. The quantitative estimate of drug-likeness (QED) is 0.793. The Balaban J connectivity index is 2.05. The van der Waals surface area contributed by atoms with E-state index >= 15 is 0 Å². The van der Waals surface area contributed by atoms with Crippen LogP contribution in [-0.4, -0.2) is 17.3 Å². The van der Waals surface area contributed by atoms with Gasteiger partial charge in [-0.25, -0.2) is 0 Å². The van der Waals surface area contributed by atoms with E-state index in [1.165, 1.54) is 5.56 Å². The van der Waals surface area contributed by atoms with Gasteiger partial charge >= 0.3 is 0 Å². The number of hydrogen-bond donors (Lipinski definition) is 1. The average Bonchev–Trinajstić information content (AvgIpc) is 2.66. The van der Waals surface area contributed by atoms with Crippen molar-refractivity contribution in [3.05, 3.63) is 35.4 Å². The molecule has 0 bridgehead atoms. The highest BCUT2D eigenvalue weighted by molar-refractivity contribution is 5.80. The lowest BCUT2D eigenvalue weighted by Gasteiger charge is -2.17. The van der Waals surface area contributed by atoms with Crippen molar-refractivity contribution in [2.75, 3.05) is 6.54 Å². The fraction of sp³-hybridized carbons (Fsp3) is 0.333. The third kappa shape index (κ3) is 2.16. The highest BCUT2D eigenvalue weighted by Crippen LogP contribution is 2.14. The fourth-order valence-corrected chi connectivity index (χ4v) is 1.81. The van der Waals surface area contributed by atoms with Crippen LogP contribution >= 0.6 is 0 Å². The molecule has 1 aromatic rings. The molecule has 1 heterocycles. The van der Waals surface area contributed by atoms with Gasteiger partial charge in [0.2, 0.25) is 0 Å². The van der Waals surface area contributed by atoms with E-state index in [-0.39, 0.29) is 0 Å². The summed E-state index contributed by atoms with van der Waals surface area (Å²) in [7, 11) is 0. The predicted molar refractivity (Wildman–Crippen MR) is 58.5 cm³/mol. The zero-order valence-electron chi connectivity index (χ0n) is 8.53. The molecule has 1 aliphatic heterocycles. The van der Waals surface area contributed by atoms with Crippen molar-refractivity contribution in [1.82, 2.24) is 4.90 Å². The van der Waals surface area contributed by atoms with E-state index < -0.39 is 0 Å². The molecule has 0 radical (unpaired) electrons. The summed E-state index contributed by atoms with van der Waals surface area (Å²) in [5, 5.41) is 16.4. The number of hydrogen-bond acceptors (Lipinski definition) is 2. The van der Waals surface area contributed by atoms with E-state index in [2.05, 4.69) is 11.0 Å². The van der Waals surface area contributed by atoms with Crippen molar-refractivity contribution in [3.8, 4) is 6.07 Å². The van der Waals surface area contributed by atoms with E-state index in [1.54, 1.807) is 0 Å². The Bertz CT molecular complexity index is 400. The molecule has 0 aromatic heterocycles. The van der Waals surface area contributed by atoms with Gasteiger partial charge in [-0.3, -0.25) is 5.41 Å². The Kier molecular flexibility index (Phi) is 2.68. The SMILES string of the molecule is N#Cc1ccc(CN2CCCC2=N)cc1. The molecular weight excluding hydrogens is 186 g/mol. The van der Waals surface area contributed by atoms with Crippen molar-refractivity contribution >= 4 is 5.84 Å². The van der Waals surface area contributed by atoms with Crippen molar-refractivity contribution < 1.29 is 0 Å². The van der Waals surface area contributed by atoms with Crippen LogP contribution in [-0.2, 0) is 6.54 Å². The van der Waals surface area contributed by atoms with E-state index in [1.807, 2.05) is 24.3 Å². The average molecular weight is 199 g/mol. The molecule has 1 saturated heterocycles. The van der Waals surface area contributed by atoms with E-state index in [0.717, 1.165) is 31.8 Å². The number of amidine groups is 1. The van der Waals surface area contributed by atoms with Gasteiger partial charge in [0.05, 0.1) is 17.5 Å². The Hall–Kier alpha value is -1.82. The summed E-state index contributed by atoms with van der Waals surface area (Å²) in [6.07, 6.45) is 1.99. The second kappa shape index (κ2) is 4.14. The van der Waals surface area contributed by atoms with Gasteiger partial charge in [-0.05, 0) is 24.1 Å². The summed E-state index contributed by atoms with van der Waals surface area (Å²) in [6.45, 7) is 1.78. The Morgan fingerprint density at radius 2 is 2.07 bits per heavy atom. The van der Waals surface area contributed by atoms with E-state index in [0.29, 0.717) is 5.56 Å². The molecule has 0 atom stereocenters. The predicted octanol–water partition coefficient (Wildman–Crippen LogP) is 2.13. The van der Waals surface area contributed by atoms with Crippen LogP contribution in [0.4, 0.5) is 0 Å². The van der Waals surface area contributed by atoms with Gasteiger partial charge in [0.25, 0.3) is 0 Å². The van der Waals surface area contributed by atoms with Crippen LogP contribution in [0.3, 0.4) is 0 Å². The van der Waals surface area contributed by atoms with Crippen LogP contribution in [0.2, 0.25) is 0 Å². The summed E-state index contributed by atoms with van der Waals surface area (Å²) in [5.41, 5.74) is 1.86. The first-order chi connectivity index (χ1) is 7.29. The minimum absolute atomic E-state index is 0.690. The molecule has 0 saturated carbocycles. The zero-order valence-corrected chi connectivity index (χ0v) is 8.53. The maximum Gasteiger partial charge on any atom is 0.0991 e. The smallest absolute Gasteiger partial charge is 0.0991 e. The van der Waals surface area contributed by atoms with Crippen molar-refractivity contribution in [1.29, 1.82) is 10.7 Å². The van der Waals surface area contributed by atoms with Crippen LogP contribution in [0.1, 0.15) is 24.0 Å². The molecule has 0 unspecified atom stereocenters. The summed E-state index contributed by atoms with van der Waals surface area (Å²) in [4.78, 5) is 2.08. The number of benzene rings is 1. The lowest BCUT2D eigenvalue weighted by molar-refractivity contribution is 0.446. The topological polar surface area (TPSA) is 50.9 Å². The van der Waals surface area contributed by atoms with Gasteiger partial charge in [0.1, 0.15) is 0 Å². The molecule has 0 amide bonds. The van der Waals surface area contributed by atoms with Gasteiger partial charge in [0.15, 0.2) is 0 Å². The van der Waals surface area contributed by atoms with Crippen LogP contribution in [0.5, 0.6) is 0 Å². The lowest BCUT2D eigenvalue weighted by atomic mass is 10.1. The first-order valence-electron chi connectivity index (χ1n) is 5.11. The molecule has 0 aliphatic carbocycles. The van der Waals surface area contributed by atoms with Crippen LogP contribution in [0.15, 0.2) is 24.3 Å². The second-order valence-electron chi connectivity index (χ2n) is 3.78. The number of rotatable bonds is 2. The first-order valence-corrected chi connectivity index (χ1v) is 5.11. The van der Waals surface area contributed by atoms with Gasteiger partial charge in [0, 0.05) is 19.5 Å². The minimum atomic E-state index is 0.690. The van der Waals surface area contributed by atoms with Crippen LogP contribution < -0.4 is 0 Å². The maximum atomic E-state index is 8.66. The third-order valence-corrected chi connectivity index (χ3v) is 2.68. The number of likely N-dealkylation sites (tertiary alicyclic amines) is 1. The van der Waals surface area contributed by atoms with Crippen molar-refractivity contribution in [2.45, 2.75) is 19.4 Å². The molecule has 1 fully saturated rings. The van der Waals surface area contributed by atoms with E-state index in [4.69, 9.17) is 10.7 Å². The molecule has 1 aliphatic rings.